The molecule has 0 fully saturated rings. The smallest absolute Gasteiger partial charge is 0.191 e. The highest BCUT2D eigenvalue weighted by molar-refractivity contribution is 9.10. The molecule has 0 radical (unpaired) electrons. The minimum Gasteiger partial charge on any atom is -0.356 e. The van der Waals surface area contributed by atoms with Gasteiger partial charge in [0.05, 0.1) is 12.2 Å². The predicted octanol–water partition coefficient (Wildman–Crippen LogP) is 3.59. The van der Waals surface area contributed by atoms with Crippen LogP contribution in [0.2, 0.25) is 0 Å². The maximum Gasteiger partial charge on any atom is 0.191 e. The summed E-state index contributed by atoms with van der Waals surface area (Å²) in [5.41, 5.74) is 2.87. The monoisotopic (exact) mass is 392 g/mol. The fourth-order valence-corrected chi connectivity index (χ4v) is 2.63. The number of hydrogen-bond donors (Lipinski definition) is 2. The Bertz CT molecular complexity index is 703. The van der Waals surface area contributed by atoms with E-state index in [2.05, 4.69) is 36.5 Å². The SMILES string of the molecule is CN=C(NCCCc1ccc(Br)cc1F)NCc1ncccc1C. The third-order valence-corrected chi connectivity index (χ3v) is 4.19. The van der Waals surface area contributed by atoms with Crippen molar-refractivity contribution in [1.82, 2.24) is 15.6 Å². The van der Waals surface area contributed by atoms with E-state index in [1.54, 1.807) is 13.2 Å². The van der Waals surface area contributed by atoms with Crippen molar-refractivity contribution < 1.29 is 4.39 Å². The van der Waals surface area contributed by atoms with Gasteiger partial charge in [0.15, 0.2) is 5.96 Å². The van der Waals surface area contributed by atoms with E-state index in [0.29, 0.717) is 13.0 Å². The highest BCUT2D eigenvalue weighted by atomic mass is 79.9. The average molecular weight is 393 g/mol. The zero-order valence-electron chi connectivity index (χ0n) is 13.9. The minimum atomic E-state index is -0.169. The van der Waals surface area contributed by atoms with E-state index in [1.807, 2.05) is 31.2 Å². The lowest BCUT2D eigenvalue weighted by molar-refractivity contribution is 0.601. The zero-order chi connectivity index (χ0) is 17.4. The Morgan fingerprint density at radius 1 is 1.29 bits per heavy atom. The number of nitrogens with zero attached hydrogens (tertiary/aromatic N) is 2. The normalized spacial score (nSPS) is 11.4. The second kappa shape index (κ2) is 9.37. The Balaban J connectivity index is 1.75. The van der Waals surface area contributed by atoms with Crippen LogP contribution in [0.3, 0.4) is 0 Å². The predicted molar refractivity (Wildman–Crippen MR) is 99.6 cm³/mol. The molecule has 2 aromatic rings. The number of guanidine groups is 1. The van der Waals surface area contributed by atoms with Crippen molar-refractivity contribution in [3.63, 3.8) is 0 Å². The van der Waals surface area contributed by atoms with Crippen molar-refractivity contribution >= 4 is 21.9 Å². The number of aliphatic imine (C=N–C) groups is 1. The van der Waals surface area contributed by atoms with E-state index in [4.69, 9.17) is 0 Å². The van der Waals surface area contributed by atoms with Crippen LogP contribution in [0.5, 0.6) is 0 Å². The number of aromatic nitrogens is 1. The van der Waals surface area contributed by atoms with Gasteiger partial charge in [-0.25, -0.2) is 4.39 Å². The van der Waals surface area contributed by atoms with Crippen LogP contribution in [0.1, 0.15) is 23.2 Å². The second-order valence-corrected chi connectivity index (χ2v) is 6.37. The lowest BCUT2D eigenvalue weighted by Crippen LogP contribution is -2.37. The highest BCUT2D eigenvalue weighted by Crippen LogP contribution is 2.16. The molecular formula is C18H22BrFN4. The first-order valence-electron chi connectivity index (χ1n) is 7.89. The van der Waals surface area contributed by atoms with Crippen LogP contribution >= 0.6 is 15.9 Å². The molecular weight excluding hydrogens is 371 g/mol. The molecule has 0 amide bonds. The molecule has 1 aromatic carbocycles. The fraction of sp³-hybridized carbons (Fsp3) is 0.333. The molecule has 0 aliphatic heterocycles. The zero-order valence-corrected chi connectivity index (χ0v) is 15.5. The molecule has 0 spiro atoms. The van der Waals surface area contributed by atoms with Gasteiger partial charge in [-0.1, -0.05) is 28.1 Å². The van der Waals surface area contributed by atoms with Gasteiger partial charge in [-0.2, -0.15) is 0 Å². The molecule has 1 aromatic heterocycles. The molecule has 0 aliphatic rings. The van der Waals surface area contributed by atoms with Gasteiger partial charge in [0.25, 0.3) is 0 Å². The van der Waals surface area contributed by atoms with Gasteiger partial charge in [-0.3, -0.25) is 9.98 Å². The van der Waals surface area contributed by atoms with Crippen LogP contribution in [0.25, 0.3) is 0 Å². The maximum atomic E-state index is 13.8. The van der Waals surface area contributed by atoms with Crippen LogP contribution in [-0.2, 0) is 13.0 Å². The first-order valence-corrected chi connectivity index (χ1v) is 8.68. The first kappa shape index (κ1) is 18.4. The van der Waals surface area contributed by atoms with Crippen molar-refractivity contribution in [2.75, 3.05) is 13.6 Å². The number of hydrogen-bond acceptors (Lipinski definition) is 2. The van der Waals surface area contributed by atoms with Crippen molar-refractivity contribution in [2.24, 2.45) is 4.99 Å². The van der Waals surface area contributed by atoms with E-state index in [1.165, 1.54) is 6.07 Å². The Morgan fingerprint density at radius 3 is 2.83 bits per heavy atom. The molecule has 0 aliphatic carbocycles. The third kappa shape index (κ3) is 5.60. The van der Waals surface area contributed by atoms with E-state index >= 15 is 0 Å². The molecule has 1 heterocycles. The maximum absolute atomic E-state index is 13.8. The average Bonchev–Trinajstić information content (AvgIpc) is 2.57. The Hall–Kier alpha value is -1.95. The number of nitrogens with one attached hydrogen (secondary N) is 2. The molecule has 0 unspecified atom stereocenters. The van der Waals surface area contributed by atoms with Gasteiger partial charge in [0.1, 0.15) is 5.82 Å². The molecule has 2 rings (SSSR count). The van der Waals surface area contributed by atoms with Crippen molar-refractivity contribution in [1.29, 1.82) is 0 Å². The Kier molecular flexibility index (Phi) is 7.18. The molecule has 4 nitrogen and oxygen atoms in total. The second-order valence-electron chi connectivity index (χ2n) is 5.46. The molecule has 128 valence electrons. The Labute approximate surface area is 150 Å². The number of pyridine rings is 1. The van der Waals surface area contributed by atoms with Crippen LogP contribution in [0.4, 0.5) is 4.39 Å². The number of rotatable bonds is 6. The quantitative estimate of drug-likeness (QED) is 0.448. The molecule has 0 atom stereocenters. The van der Waals surface area contributed by atoms with Gasteiger partial charge in [0.2, 0.25) is 0 Å². The van der Waals surface area contributed by atoms with Gasteiger partial charge in [0, 0.05) is 24.3 Å². The summed E-state index contributed by atoms with van der Waals surface area (Å²) in [6.07, 6.45) is 3.29. The van der Waals surface area contributed by atoms with Gasteiger partial charge < -0.3 is 10.6 Å². The van der Waals surface area contributed by atoms with Crippen LogP contribution in [0, 0.1) is 12.7 Å². The first-order chi connectivity index (χ1) is 11.6. The van der Waals surface area contributed by atoms with Gasteiger partial charge in [-0.15, -0.1) is 0 Å². The van der Waals surface area contributed by atoms with E-state index in [-0.39, 0.29) is 5.82 Å². The lowest BCUT2D eigenvalue weighted by Gasteiger charge is -2.12. The van der Waals surface area contributed by atoms with E-state index in [0.717, 1.165) is 40.2 Å². The molecule has 2 N–H and O–H groups in total. The van der Waals surface area contributed by atoms with E-state index < -0.39 is 0 Å². The molecule has 24 heavy (non-hydrogen) atoms. The van der Waals surface area contributed by atoms with Crippen molar-refractivity contribution in [3.8, 4) is 0 Å². The van der Waals surface area contributed by atoms with Crippen molar-refractivity contribution in [3.05, 3.63) is 63.6 Å². The topological polar surface area (TPSA) is 49.3 Å². The number of aryl methyl sites for hydroxylation is 2. The molecule has 0 saturated carbocycles. The fourth-order valence-electron chi connectivity index (χ4n) is 2.30. The number of benzene rings is 1. The van der Waals surface area contributed by atoms with Crippen LogP contribution in [0.15, 0.2) is 46.0 Å². The highest BCUT2D eigenvalue weighted by Gasteiger charge is 2.04. The summed E-state index contributed by atoms with van der Waals surface area (Å²) in [4.78, 5) is 8.54. The number of halogens is 2. The summed E-state index contributed by atoms with van der Waals surface area (Å²) in [5, 5.41) is 6.48. The summed E-state index contributed by atoms with van der Waals surface area (Å²) < 4.78 is 14.5. The third-order valence-electron chi connectivity index (χ3n) is 3.70. The summed E-state index contributed by atoms with van der Waals surface area (Å²) >= 11 is 3.27. The summed E-state index contributed by atoms with van der Waals surface area (Å²) in [6.45, 7) is 3.37. The molecule has 0 bridgehead atoms. The Morgan fingerprint density at radius 2 is 2.12 bits per heavy atom. The largest absolute Gasteiger partial charge is 0.356 e. The van der Waals surface area contributed by atoms with E-state index in [9.17, 15) is 4.39 Å². The summed E-state index contributed by atoms with van der Waals surface area (Å²) in [5.74, 6) is 0.550. The summed E-state index contributed by atoms with van der Waals surface area (Å²) in [7, 11) is 1.73. The van der Waals surface area contributed by atoms with Gasteiger partial charge >= 0.3 is 0 Å². The summed E-state index contributed by atoms with van der Waals surface area (Å²) in [6, 6.07) is 9.14. The standard InChI is InChI=1S/C18H22BrFN4/c1-13-5-3-9-22-17(13)12-24-18(21-2)23-10-4-6-14-7-8-15(19)11-16(14)20/h3,5,7-9,11H,4,6,10,12H2,1-2H3,(H2,21,23,24). The van der Waals surface area contributed by atoms with Crippen LogP contribution < -0.4 is 10.6 Å². The van der Waals surface area contributed by atoms with Gasteiger partial charge in [-0.05, 0) is 49.1 Å². The minimum absolute atomic E-state index is 0.169. The molecule has 0 saturated heterocycles. The van der Waals surface area contributed by atoms with Crippen molar-refractivity contribution in [2.45, 2.75) is 26.3 Å². The van der Waals surface area contributed by atoms with Crippen LogP contribution in [-0.4, -0.2) is 24.5 Å². The molecule has 6 heteroatoms. The lowest BCUT2D eigenvalue weighted by atomic mass is 10.1.